The van der Waals surface area contributed by atoms with Crippen molar-refractivity contribution in [3.05, 3.63) is 66.4 Å². The van der Waals surface area contributed by atoms with Crippen LogP contribution in [0, 0.1) is 0 Å². The number of sulfonamides is 1. The van der Waals surface area contributed by atoms with Gasteiger partial charge in [0.2, 0.25) is 10.0 Å². The Labute approximate surface area is 167 Å². The number of nitrogens with two attached hydrogens (primary N) is 2. The summed E-state index contributed by atoms with van der Waals surface area (Å²) in [5.74, 6) is 0. The first-order valence-corrected chi connectivity index (χ1v) is 10.9. The summed E-state index contributed by atoms with van der Waals surface area (Å²) < 4.78 is 26.1. The second kappa shape index (κ2) is 8.05. The average molecular weight is 418 g/mol. The standard InChI is InChI=1S/C18H19N5O3S2/c1-27-22(18(19)24)12-14-11-17(13-5-3-2-4-6-13)23(21-14)15-7-9-16(10-8-15)28(20,25)26/h2-11H,12H2,1H3,(H2,19,24)(H2,20,25,26). The lowest BCUT2D eigenvalue weighted by atomic mass is 10.1. The van der Waals surface area contributed by atoms with Gasteiger partial charge in [0, 0.05) is 11.8 Å². The lowest BCUT2D eigenvalue weighted by Gasteiger charge is -2.14. The largest absolute Gasteiger partial charge is 0.351 e. The molecule has 0 fully saturated rings. The third-order valence-corrected chi connectivity index (χ3v) is 5.69. The number of aromatic nitrogens is 2. The second-order valence-electron chi connectivity index (χ2n) is 5.90. The molecule has 0 bridgehead atoms. The number of amides is 2. The normalized spacial score (nSPS) is 11.4. The number of urea groups is 1. The molecule has 146 valence electrons. The van der Waals surface area contributed by atoms with Gasteiger partial charge in [-0.1, -0.05) is 30.3 Å². The van der Waals surface area contributed by atoms with Gasteiger partial charge >= 0.3 is 6.03 Å². The minimum absolute atomic E-state index is 0.0205. The number of benzene rings is 2. The number of primary amides is 1. The Hall–Kier alpha value is -2.82. The maximum atomic E-state index is 11.5. The van der Waals surface area contributed by atoms with Gasteiger partial charge in [-0.25, -0.2) is 23.0 Å². The zero-order valence-corrected chi connectivity index (χ0v) is 16.7. The lowest BCUT2D eigenvalue weighted by Crippen LogP contribution is -2.29. The highest BCUT2D eigenvalue weighted by molar-refractivity contribution is 7.96. The molecule has 1 aromatic heterocycles. The Morgan fingerprint density at radius 1 is 1.14 bits per heavy atom. The van der Waals surface area contributed by atoms with Crippen molar-refractivity contribution in [1.29, 1.82) is 0 Å². The average Bonchev–Trinajstić information content (AvgIpc) is 3.10. The van der Waals surface area contributed by atoms with Gasteiger partial charge in [0.1, 0.15) is 0 Å². The Morgan fingerprint density at radius 3 is 2.32 bits per heavy atom. The van der Waals surface area contributed by atoms with Crippen LogP contribution in [-0.4, -0.2) is 34.8 Å². The van der Waals surface area contributed by atoms with Gasteiger partial charge in [-0.15, -0.1) is 0 Å². The molecule has 0 saturated carbocycles. The van der Waals surface area contributed by atoms with Crippen LogP contribution < -0.4 is 10.9 Å². The van der Waals surface area contributed by atoms with Crippen LogP contribution in [0.25, 0.3) is 16.9 Å². The Kier molecular flexibility index (Phi) is 5.73. The topological polar surface area (TPSA) is 124 Å². The highest BCUT2D eigenvalue weighted by Gasteiger charge is 2.16. The van der Waals surface area contributed by atoms with Crippen LogP contribution in [0.15, 0.2) is 65.6 Å². The Morgan fingerprint density at radius 2 is 1.79 bits per heavy atom. The number of nitrogens with zero attached hydrogens (tertiary/aromatic N) is 3. The smallest absolute Gasteiger partial charge is 0.325 e. The van der Waals surface area contributed by atoms with E-state index in [1.54, 1.807) is 23.1 Å². The fourth-order valence-electron chi connectivity index (χ4n) is 2.68. The summed E-state index contributed by atoms with van der Waals surface area (Å²) in [5, 5.41) is 9.76. The Balaban J connectivity index is 2.07. The van der Waals surface area contributed by atoms with E-state index in [9.17, 15) is 13.2 Å². The molecule has 28 heavy (non-hydrogen) atoms. The molecule has 1 heterocycles. The fourth-order valence-corrected chi connectivity index (χ4v) is 3.63. The first kappa shape index (κ1) is 19.9. The van der Waals surface area contributed by atoms with Gasteiger partial charge in [0.25, 0.3) is 0 Å². The van der Waals surface area contributed by atoms with E-state index in [1.165, 1.54) is 28.4 Å². The molecular weight excluding hydrogens is 398 g/mol. The molecule has 0 radical (unpaired) electrons. The zero-order valence-electron chi connectivity index (χ0n) is 15.0. The van der Waals surface area contributed by atoms with Gasteiger partial charge in [-0.3, -0.25) is 4.31 Å². The monoisotopic (exact) mass is 417 g/mol. The van der Waals surface area contributed by atoms with Gasteiger partial charge < -0.3 is 5.73 Å². The quantitative estimate of drug-likeness (QED) is 0.596. The van der Waals surface area contributed by atoms with Crippen molar-refractivity contribution < 1.29 is 13.2 Å². The third-order valence-electron chi connectivity index (χ3n) is 4.01. The van der Waals surface area contributed by atoms with Crippen LogP contribution in [0.1, 0.15) is 5.69 Å². The van der Waals surface area contributed by atoms with Gasteiger partial charge in [-0.05, 0) is 42.3 Å². The van der Waals surface area contributed by atoms with Crippen LogP contribution in [0.5, 0.6) is 0 Å². The number of hydrogen-bond acceptors (Lipinski definition) is 5. The number of carbonyl (C=O) groups is 1. The van der Waals surface area contributed by atoms with Crippen molar-refractivity contribution in [3.8, 4) is 16.9 Å². The van der Waals surface area contributed by atoms with Crippen LogP contribution >= 0.6 is 11.9 Å². The van der Waals surface area contributed by atoms with E-state index >= 15 is 0 Å². The molecule has 0 aliphatic rings. The highest BCUT2D eigenvalue weighted by atomic mass is 32.2. The van der Waals surface area contributed by atoms with Gasteiger partial charge in [0.05, 0.1) is 28.5 Å². The summed E-state index contributed by atoms with van der Waals surface area (Å²) in [6.07, 6.45) is 1.76. The van der Waals surface area contributed by atoms with E-state index in [0.29, 0.717) is 11.4 Å². The zero-order chi connectivity index (χ0) is 20.3. The number of carbonyl (C=O) groups excluding carboxylic acids is 1. The molecule has 10 heteroatoms. The van der Waals surface area contributed by atoms with Crippen LogP contribution in [0.4, 0.5) is 4.79 Å². The predicted octanol–water partition coefficient (Wildman–Crippen LogP) is 2.35. The van der Waals surface area contributed by atoms with Crippen LogP contribution in [-0.2, 0) is 16.6 Å². The summed E-state index contributed by atoms with van der Waals surface area (Å²) in [5.41, 5.74) is 8.40. The highest BCUT2D eigenvalue weighted by Crippen LogP contribution is 2.26. The summed E-state index contributed by atoms with van der Waals surface area (Å²) in [6, 6.07) is 17.0. The van der Waals surface area contributed by atoms with E-state index in [0.717, 1.165) is 11.3 Å². The van der Waals surface area contributed by atoms with E-state index in [1.807, 2.05) is 36.4 Å². The van der Waals surface area contributed by atoms with Gasteiger partial charge in [-0.2, -0.15) is 5.10 Å². The molecule has 0 saturated heterocycles. The number of rotatable bonds is 6. The summed E-state index contributed by atoms with van der Waals surface area (Å²) in [4.78, 5) is 11.5. The second-order valence-corrected chi connectivity index (χ2v) is 8.26. The third kappa shape index (κ3) is 4.35. The summed E-state index contributed by atoms with van der Waals surface area (Å²) in [7, 11) is -3.78. The molecule has 8 nitrogen and oxygen atoms in total. The van der Waals surface area contributed by atoms with E-state index in [4.69, 9.17) is 10.9 Å². The van der Waals surface area contributed by atoms with Crippen LogP contribution in [0.3, 0.4) is 0 Å². The molecule has 4 N–H and O–H groups in total. The molecule has 0 atom stereocenters. The molecular formula is C18H19N5O3S2. The van der Waals surface area contributed by atoms with Crippen molar-refractivity contribution in [2.24, 2.45) is 10.9 Å². The predicted molar refractivity (Wildman–Crippen MR) is 109 cm³/mol. The maximum Gasteiger partial charge on any atom is 0.325 e. The lowest BCUT2D eigenvalue weighted by molar-refractivity contribution is 0.233. The van der Waals surface area contributed by atoms with Crippen molar-refractivity contribution in [2.45, 2.75) is 11.4 Å². The van der Waals surface area contributed by atoms with Gasteiger partial charge in [0.15, 0.2) is 0 Å². The summed E-state index contributed by atoms with van der Waals surface area (Å²) >= 11 is 1.21. The first-order chi connectivity index (χ1) is 13.3. The minimum Gasteiger partial charge on any atom is -0.351 e. The van der Waals surface area contributed by atoms with E-state index in [-0.39, 0.29) is 11.4 Å². The van der Waals surface area contributed by atoms with Crippen molar-refractivity contribution in [2.75, 3.05) is 6.26 Å². The molecule has 0 aliphatic heterocycles. The van der Waals surface area contributed by atoms with Crippen molar-refractivity contribution in [3.63, 3.8) is 0 Å². The molecule has 2 amide bonds. The minimum atomic E-state index is -3.78. The van der Waals surface area contributed by atoms with Crippen molar-refractivity contribution in [1.82, 2.24) is 14.1 Å². The van der Waals surface area contributed by atoms with E-state index < -0.39 is 16.1 Å². The van der Waals surface area contributed by atoms with Crippen LogP contribution in [0.2, 0.25) is 0 Å². The van der Waals surface area contributed by atoms with E-state index in [2.05, 4.69) is 5.10 Å². The first-order valence-electron chi connectivity index (χ1n) is 8.18. The molecule has 0 unspecified atom stereocenters. The molecule has 3 aromatic rings. The Bertz CT molecular complexity index is 1080. The fraction of sp³-hybridized carbons (Fsp3) is 0.111. The van der Waals surface area contributed by atoms with Crippen molar-refractivity contribution >= 4 is 28.0 Å². The molecule has 3 rings (SSSR count). The summed E-state index contributed by atoms with van der Waals surface area (Å²) in [6.45, 7) is 0.235. The number of primary sulfonamides is 1. The molecule has 2 aromatic carbocycles. The maximum absolute atomic E-state index is 11.5. The number of hydrogen-bond donors (Lipinski definition) is 2. The molecule has 0 aliphatic carbocycles. The SMILES string of the molecule is CSN(Cc1cc(-c2ccccc2)n(-c2ccc(S(N)(=O)=O)cc2)n1)C(N)=O. The molecule has 0 spiro atoms.